The van der Waals surface area contributed by atoms with E-state index < -0.39 is 0 Å². The highest BCUT2D eigenvalue weighted by molar-refractivity contribution is 5.92. The van der Waals surface area contributed by atoms with Gasteiger partial charge in [0.25, 0.3) is 5.91 Å². The van der Waals surface area contributed by atoms with Gasteiger partial charge in [-0.1, -0.05) is 0 Å². The van der Waals surface area contributed by atoms with Crippen molar-refractivity contribution < 1.29 is 13.9 Å². The zero-order valence-electron chi connectivity index (χ0n) is 16.6. The first-order valence-electron chi connectivity index (χ1n) is 9.73. The maximum absolute atomic E-state index is 13.4. The van der Waals surface area contributed by atoms with Gasteiger partial charge in [0.15, 0.2) is 0 Å². The minimum Gasteiger partial charge on any atom is -0.497 e. The number of methoxy groups -OCH3 is 1. The number of anilines is 1. The summed E-state index contributed by atoms with van der Waals surface area (Å²) in [5.41, 5.74) is 1.43. The summed E-state index contributed by atoms with van der Waals surface area (Å²) < 4.78 is 18.6. The van der Waals surface area contributed by atoms with Crippen LogP contribution in [0.4, 0.5) is 10.1 Å². The number of nitrogens with zero attached hydrogens (tertiary/aromatic N) is 3. The zero-order chi connectivity index (χ0) is 19.9. The molecule has 6 heteroatoms. The Morgan fingerprint density at radius 2 is 2.00 bits per heavy atom. The van der Waals surface area contributed by atoms with Crippen molar-refractivity contribution in [1.82, 2.24) is 9.88 Å². The molecule has 2 aliphatic heterocycles. The van der Waals surface area contributed by atoms with Crippen LogP contribution in [-0.4, -0.2) is 47.6 Å². The average molecular weight is 383 g/mol. The van der Waals surface area contributed by atoms with E-state index >= 15 is 0 Å². The summed E-state index contributed by atoms with van der Waals surface area (Å²) in [5.74, 6) is 0.750. The van der Waals surface area contributed by atoms with Gasteiger partial charge in [0.05, 0.1) is 7.11 Å². The van der Waals surface area contributed by atoms with Crippen molar-refractivity contribution in [3.8, 4) is 5.75 Å². The van der Waals surface area contributed by atoms with E-state index in [-0.39, 0.29) is 17.3 Å². The summed E-state index contributed by atoms with van der Waals surface area (Å²) in [6, 6.07) is 10.5. The fraction of sp³-hybridized carbons (Fsp3) is 0.455. The van der Waals surface area contributed by atoms with Crippen LogP contribution in [0.2, 0.25) is 0 Å². The minimum absolute atomic E-state index is 0.0412. The summed E-state index contributed by atoms with van der Waals surface area (Å²) in [7, 11) is 1.58. The normalized spacial score (nSPS) is 23.4. The smallest absolute Gasteiger partial charge is 0.272 e. The fourth-order valence-corrected chi connectivity index (χ4v) is 4.89. The molecular weight excluding hydrogens is 357 g/mol. The van der Waals surface area contributed by atoms with Crippen LogP contribution >= 0.6 is 0 Å². The molecule has 1 aromatic carbocycles. The largest absolute Gasteiger partial charge is 0.497 e. The number of benzene rings is 1. The summed E-state index contributed by atoms with van der Waals surface area (Å²) in [6.45, 7) is 5.85. The molecule has 0 unspecified atom stereocenters. The maximum Gasteiger partial charge on any atom is 0.272 e. The SMILES string of the molecule is COc1ccnc(C(=O)N2CC[C@H]3[C@@H](C2)CC(C)(C)N3c2ccc(F)cc2)c1. The molecule has 0 radical (unpaired) electrons. The number of rotatable bonds is 3. The Bertz CT molecular complexity index is 868. The number of hydrogen-bond acceptors (Lipinski definition) is 4. The Morgan fingerprint density at radius 3 is 2.71 bits per heavy atom. The Kier molecular flexibility index (Phi) is 4.73. The molecule has 5 nitrogen and oxygen atoms in total. The monoisotopic (exact) mass is 383 g/mol. The molecule has 0 aliphatic carbocycles. The van der Waals surface area contributed by atoms with Crippen LogP contribution in [0.15, 0.2) is 42.6 Å². The molecule has 0 spiro atoms. The van der Waals surface area contributed by atoms with Crippen molar-refractivity contribution in [2.75, 3.05) is 25.1 Å². The highest BCUT2D eigenvalue weighted by atomic mass is 19.1. The molecule has 1 aromatic heterocycles. The average Bonchev–Trinajstić information content (AvgIpc) is 2.97. The minimum atomic E-state index is -0.219. The van der Waals surface area contributed by atoms with Crippen LogP contribution in [0, 0.1) is 11.7 Å². The van der Waals surface area contributed by atoms with Crippen molar-refractivity contribution in [1.29, 1.82) is 0 Å². The second-order valence-corrected chi connectivity index (χ2v) is 8.31. The summed E-state index contributed by atoms with van der Waals surface area (Å²) >= 11 is 0. The lowest BCUT2D eigenvalue weighted by Gasteiger charge is -2.41. The number of aromatic nitrogens is 1. The van der Waals surface area contributed by atoms with Crippen LogP contribution in [-0.2, 0) is 0 Å². The molecule has 2 saturated heterocycles. The van der Waals surface area contributed by atoms with Crippen LogP contribution in [0.1, 0.15) is 37.2 Å². The number of carbonyl (C=O) groups is 1. The molecule has 2 atom stereocenters. The number of carbonyl (C=O) groups excluding carboxylic acids is 1. The zero-order valence-corrected chi connectivity index (χ0v) is 16.6. The predicted octanol–water partition coefficient (Wildman–Crippen LogP) is 3.75. The molecule has 4 rings (SSSR count). The Balaban J connectivity index is 1.53. The summed E-state index contributed by atoms with van der Waals surface area (Å²) in [6.07, 6.45) is 3.49. The fourth-order valence-electron chi connectivity index (χ4n) is 4.89. The van der Waals surface area contributed by atoms with Crippen LogP contribution < -0.4 is 9.64 Å². The lowest BCUT2D eigenvalue weighted by Crippen LogP contribution is -2.50. The van der Waals surface area contributed by atoms with E-state index in [4.69, 9.17) is 4.74 Å². The number of likely N-dealkylation sites (tertiary alicyclic amines) is 1. The van der Waals surface area contributed by atoms with Crippen LogP contribution in [0.25, 0.3) is 0 Å². The molecule has 2 aliphatic rings. The van der Waals surface area contributed by atoms with E-state index in [1.54, 1.807) is 25.4 Å². The predicted molar refractivity (Wildman–Crippen MR) is 106 cm³/mol. The number of fused-ring (bicyclic) bond motifs is 1. The Morgan fingerprint density at radius 1 is 1.25 bits per heavy atom. The quantitative estimate of drug-likeness (QED) is 0.810. The van der Waals surface area contributed by atoms with Gasteiger partial charge >= 0.3 is 0 Å². The van der Waals surface area contributed by atoms with E-state index in [0.717, 1.165) is 18.5 Å². The van der Waals surface area contributed by atoms with Crippen molar-refractivity contribution in [3.63, 3.8) is 0 Å². The molecule has 2 aromatic rings. The van der Waals surface area contributed by atoms with Crippen molar-refractivity contribution >= 4 is 11.6 Å². The summed E-state index contributed by atoms with van der Waals surface area (Å²) in [4.78, 5) is 21.5. The lowest BCUT2D eigenvalue weighted by molar-refractivity contribution is 0.0661. The standard InChI is InChI=1S/C22H26FN3O2/c1-22(2)13-15-14-25(21(27)19-12-18(28-3)8-10-24-19)11-9-20(15)26(22)17-6-4-16(23)5-7-17/h4-8,10,12,15,20H,9,11,13-14H2,1-3H3/t15-,20+/m1/s1. The number of piperidine rings is 1. The van der Waals surface area contributed by atoms with E-state index in [1.807, 2.05) is 17.0 Å². The number of hydrogen-bond donors (Lipinski definition) is 0. The third-order valence-electron chi connectivity index (χ3n) is 6.02. The van der Waals surface area contributed by atoms with Gasteiger partial charge in [0, 0.05) is 42.6 Å². The second-order valence-electron chi connectivity index (χ2n) is 8.31. The highest BCUT2D eigenvalue weighted by Gasteiger charge is 2.48. The van der Waals surface area contributed by atoms with Gasteiger partial charge in [-0.25, -0.2) is 4.39 Å². The van der Waals surface area contributed by atoms with Gasteiger partial charge in [0.2, 0.25) is 0 Å². The van der Waals surface area contributed by atoms with Gasteiger partial charge in [-0.15, -0.1) is 0 Å². The third kappa shape index (κ3) is 3.32. The first kappa shape index (κ1) is 18.7. The van der Waals surface area contributed by atoms with E-state index in [1.165, 1.54) is 12.1 Å². The topological polar surface area (TPSA) is 45.7 Å². The molecule has 0 N–H and O–H groups in total. The molecule has 28 heavy (non-hydrogen) atoms. The highest BCUT2D eigenvalue weighted by Crippen LogP contribution is 2.44. The lowest BCUT2D eigenvalue weighted by atomic mass is 9.89. The van der Waals surface area contributed by atoms with Gasteiger partial charge in [0.1, 0.15) is 17.3 Å². The van der Waals surface area contributed by atoms with Crippen LogP contribution in [0.3, 0.4) is 0 Å². The van der Waals surface area contributed by atoms with Gasteiger partial charge in [-0.3, -0.25) is 9.78 Å². The number of pyridine rings is 1. The van der Waals surface area contributed by atoms with Gasteiger partial charge in [-0.05, 0) is 62.9 Å². The van der Waals surface area contributed by atoms with E-state index in [0.29, 0.717) is 36.5 Å². The number of amides is 1. The third-order valence-corrected chi connectivity index (χ3v) is 6.02. The summed E-state index contributed by atoms with van der Waals surface area (Å²) in [5, 5.41) is 0. The molecule has 3 heterocycles. The molecule has 0 saturated carbocycles. The van der Waals surface area contributed by atoms with E-state index in [2.05, 4.69) is 23.7 Å². The number of halogens is 1. The van der Waals surface area contributed by atoms with E-state index in [9.17, 15) is 9.18 Å². The number of ether oxygens (including phenoxy) is 1. The van der Waals surface area contributed by atoms with Crippen molar-refractivity contribution in [2.45, 2.75) is 38.3 Å². The van der Waals surface area contributed by atoms with Crippen LogP contribution in [0.5, 0.6) is 5.75 Å². The van der Waals surface area contributed by atoms with Crippen molar-refractivity contribution in [3.05, 3.63) is 54.1 Å². The van der Waals surface area contributed by atoms with Gasteiger partial charge in [-0.2, -0.15) is 0 Å². The molecule has 148 valence electrons. The molecule has 0 bridgehead atoms. The Labute approximate surface area is 165 Å². The Hall–Kier alpha value is -2.63. The molecule has 2 fully saturated rings. The van der Waals surface area contributed by atoms with Crippen molar-refractivity contribution in [2.24, 2.45) is 5.92 Å². The second kappa shape index (κ2) is 7.08. The molecule has 1 amide bonds. The first-order chi connectivity index (χ1) is 13.4. The first-order valence-corrected chi connectivity index (χ1v) is 9.73. The maximum atomic E-state index is 13.4. The van der Waals surface area contributed by atoms with Gasteiger partial charge < -0.3 is 14.5 Å². The molecular formula is C22H26FN3O2.